The smallest absolute Gasteiger partial charge is 0.229 e. The summed E-state index contributed by atoms with van der Waals surface area (Å²) in [5.74, 6) is 0.0137. The molecule has 0 bridgehead atoms. The molecule has 2 aromatic rings. The number of nitrogens with one attached hydrogen (secondary N) is 1. The number of sulfonamides is 1. The minimum absolute atomic E-state index is 0.0137. The summed E-state index contributed by atoms with van der Waals surface area (Å²) in [6, 6.07) is 16.2. The van der Waals surface area contributed by atoms with Gasteiger partial charge in [0.05, 0.1) is 11.5 Å². The molecule has 4 nitrogen and oxygen atoms in total. The zero-order valence-corrected chi connectivity index (χ0v) is 13.9. The van der Waals surface area contributed by atoms with E-state index in [-0.39, 0.29) is 11.0 Å². The maximum absolute atomic E-state index is 12.4. The van der Waals surface area contributed by atoms with Crippen molar-refractivity contribution in [1.29, 1.82) is 0 Å². The molecule has 6 heteroatoms. The van der Waals surface area contributed by atoms with Crippen LogP contribution < -0.4 is 4.72 Å². The number of Topliss-reactive ketones (excluding diaryl/α,β-unsaturated/α-hetero) is 1. The first-order chi connectivity index (χ1) is 10.3. The molecule has 0 aliphatic carbocycles. The average molecular weight is 335 g/mol. The fourth-order valence-electron chi connectivity index (χ4n) is 1.91. The van der Waals surface area contributed by atoms with Crippen LogP contribution >= 0.6 is 11.8 Å². The summed E-state index contributed by atoms with van der Waals surface area (Å²) >= 11 is 1.50. The lowest BCUT2D eigenvalue weighted by Crippen LogP contribution is -2.14. The topological polar surface area (TPSA) is 63.2 Å². The van der Waals surface area contributed by atoms with Crippen molar-refractivity contribution in [3.8, 4) is 0 Å². The molecule has 2 aromatic carbocycles. The third-order valence-corrected chi connectivity index (χ3v) is 4.62. The lowest BCUT2D eigenvalue weighted by atomic mass is 10.1. The average Bonchev–Trinajstić information content (AvgIpc) is 2.46. The van der Waals surface area contributed by atoms with Gasteiger partial charge in [-0.15, -0.1) is 11.8 Å². The van der Waals surface area contributed by atoms with Crippen molar-refractivity contribution in [3.63, 3.8) is 0 Å². The van der Waals surface area contributed by atoms with E-state index in [1.807, 2.05) is 37.3 Å². The van der Waals surface area contributed by atoms with Gasteiger partial charge in [0.2, 0.25) is 10.0 Å². The molecular formula is C16H17NO3S2. The first-order valence-corrected chi connectivity index (χ1v) is 9.46. The normalized spacial score (nSPS) is 12.6. The Hall–Kier alpha value is -1.79. The van der Waals surface area contributed by atoms with Crippen LogP contribution in [0.25, 0.3) is 0 Å². The molecule has 0 spiro atoms. The van der Waals surface area contributed by atoms with Crippen LogP contribution in [-0.2, 0) is 10.0 Å². The number of rotatable bonds is 6. The van der Waals surface area contributed by atoms with Crippen LogP contribution in [0.3, 0.4) is 0 Å². The molecule has 0 radical (unpaired) electrons. The Morgan fingerprint density at radius 3 is 2.18 bits per heavy atom. The number of benzene rings is 2. The van der Waals surface area contributed by atoms with Crippen LogP contribution in [-0.4, -0.2) is 25.7 Å². The molecule has 0 saturated heterocycles. The van der Waals surface area contributed by atoms with E-state index < -0.39 is 10.0 Å². The van der Waals surface area contributed by atoms with Gasteiger partial charge in [0, 0.05) is 16.1 Å². The summed E-state index contributed by atoms with van der Waals surface area (Å²) in [5.41, 5.74) is 1.01. The van der Waals surface area contributed by atoms with Crippen molar-refractivity contribution in [1.82, 2.24) is 0 Å². The monoisotopic (exact) mass is 335 g/mol. The minimum atomic E-state index is -3.31. The molecule has 1 atom stereocenters. The lowest BCUT2D eigenvalue weighted by Gasteiger charge is -2.11. The third-order valence-electron chi connectivity index (χ3n) is 2.90. The van der Waals surface area contributed by atoms with Crippen LogP contribution in [0.1, 0.15) is 17.3 Å². The number of anilines is 1. The van der Waals surface area contributed by atoms with Crippen molar-refractivity contribution in [2.24, 2.45) is 0 Å². The van der Waals surface area contributed by atoms with Crippen molar-refractivity contribution < 1.29 is 13.2 Å². The number of carbonyl (C=O) groups excluding carboxylic acids is 1. The molecule has 0 fully saturated rings. The van der Waals surface area contributed by atoms with Crippen molar-refractivity contribution in [3.05, 3.63) is 60.2 Å². The van der Waals surface area contributed by atoms with Gasteiger partial charge in [0.15, 0.2) is 5.78 Å². The Labute approximate surface area is 135 Å². The zero-order chi connectivity index (χ0) is 16.2. The highest BCUT2D eigenvalue weighted by atomic mass is 32.2. The quantitative estimate of drug-likeness (QED) is 0.649. The molecule has 116 valence electrons. The fourth-order valence-corrected chi connectivity index (χ4v) is 3.44. The molecule has 0 aliphatic rings. The van der Waals surface area contributed by atoms with Crippen molar-refractivity contribution >= 4 is 33.3 Å². The summed E-state index contributed by atoms with van der Waals surface area (Å²) in [6.07, 6.45) is 1.09. The van der Waals surface area contributed by atoms with E-state index in [0.29, 0.717) is 11.3 Å². The predicted octanol–water partition coefficient (Wildman–Crippen LogP) is 3.42. The van der Waals surface area contributed by atoms with Gasteiger partial charge >= 0.3 is 0 Å². The Morgan fingerprint density at radius 2 is 1.64 bits per heavy atom. The van der Waals surface area contributed by atoms with Gasteiger partial charge in [-0.1, -0.05) is 18.2 Å². The first-order valence-electron chi connectivity index (χ1n) is 6.69. The SMILES string of the molecule is C[C@@H](Sc1ccccc1)C(=O)c1ccc(NS(C)(=O)=O)cc1. The molecule has 0 saturated carbocycles. The maximum Gasteiger partial charge on any atom is 0.229 e. The number of thioether (sulfide) groups is 1. The summed E-state index contributed by atoms with van der Waals surface area (Å²) in [6.45, 7) is 1.86. The standard InChI is InChI=1S/C16H17NO3S2/c1-12(21-15-6-4-3-5-7-15)16(18)13-8-10-14(11-9-13)17-22(2,19)20/h3-12,17H,1-2H3/t12-/m1/s1. The molecule has 0 aromatic heterocycles. The van der Waals surface area contributed by atoms with E-state index in [1.54, 1.807) is 24.3 Å². The minimum Gasteiger partial charge on any atom is -0.293 e. The lowest BCUT2D eigenvalue weighted by molar-refractivity contribution is 0.0994. The van der Waals surface area contributed by atoms with Crippen LogP contribution in [0, 0.1) is 0 Å². The van der Waals surface area contributed by atoms with Crippen molar-refractivity contribution in [2.45, 2.75) is 17.1 Å². The second-order valence-electron chi connectivity index (χ2n) is 4.89. The van der Waals surface area contributed by atoms with E-state index in [0.717, 1.165) is 11.2 Å². The van der Waals surface area contributed by atoms with E-state index in [4.69, 9.17) is 0 Å². The van der Waals surface area contributed by atoms with E-state index in [2.05, 4.69) is 4.72 Å². The Balaban J connectivity index is 2.06. The van der Waals surface area contributed by atoms with Crippen LogP contribution in [0.4, 0.5) is 5.69 Å². The number of hydrogen-bond acceptors (Lipinski definition) is 4. The number of hydrogen-bond donors (Lipinski definition) is 1. The largest absolute Gasteiger partial charge is 0.293 e. The molecule has 0 unspecified atom stereocenters. The Morgan fingerprint density at radius 1 is 1.05 bits per heavy atom. The number of ketones is 1. The third kappa shape index (κ3) is 4.89. The molecule has 0 heterocycles. The Bertz CT molecular complexity index is 741. The molecule has 1 N–H and O–H groups in total. The highest BCUT2D eigenvalue weighted by Gasteiger charge is 2.16. The van der Waals surface area contributed by atoms with E-state index >= 15 is 0 Å². The summed E-state index contributed by atoms with van der Waals surface area (Å²) in [4.78, 5) is 13.4. The molecule has 0 amide bonds. The van der Waals surface area contributed by atoms with Gasteiger partial charge in [-0.3, -0.25) is 9.52 Å². The van der Waals surface area contributed by atoms with Gasteiger partial charge in [-0.25, -0.2) is 8.42 Å². The van der Waals surface area contributed by atoms with Crippen molar-refractivity contribution in [2.75, 3.05) is 11.0 Å². The first kappa shape index (κ1) is 16.6. The van der Waals surface area contributed by atoms with Gasteiger partial charge in [-0.2, -0.15) is 0 Å². The molecular weight excluding hydrogens is 318 g/mol. The highest BCUT2D eigenvalue weighted by Crippen LogP contribution is 2.25. The fraction of sp³-hybridized carbons (Fsp3) is 0.188. The summed E-state index contributed by atoms with van der Waals surface area (Å²) in [7, 11) is -3.31. The van der Waals surface area contributed by atoms with Crippen LogP contribution in [0.2, 0.25) is 0 Å². The highest BCUT2D eigenvalue weighted by molar-refractivity contribution is 8.00. The van der Waals surface area contributed by atoms with Crippen LogP contribution in [0.15, 0.2) is 59.5 Å². The summed E-state index contributed by atoms with van der Waals surface area (Å²) < 4.78 is 24.7. The maximum atomic E-state index is 12.4. The van der Waals surface area contributed by atoms with Gasteiger partial charge in [0.1, 0.15) is 0 Å². The van der Waals surface area contributed by atoms with Crippen LogP contribution in [0.5, 0.6) is 0 Å². The van der Waals surface area contributed by atoms with E-state index in [1.165, 1.54) is 11.8 Å². The Kier molecular flexibility index (Phi) is 5.26. The number of carbonyl (C=O) groups is 1. The predicted molar refractivity (Wildman–Crippen MR) is 91.0 cm³/mol. The molecule has 2 rings (SSSR count). The summed E-state index contributed by atoms with van der Waals surface area (Å²) in [5, 5.41) is -0.212. The van der Waals surface area contributed by atoms with E-state index in [9.17, 15) is 13.2 Å². The molecule has 0 aliphatic heterocycles. The van der Waals surface area contributed by atoms with Gasteiger partial charge in [0.25, 0.3) is 0 Å². The van der Waals surface area contributed by atoms with Gasteiger partial charge in [-0.05, 0) is 43.3 Å². The second kappa shape index (κ2) is 6.98. The molecule has 22 heavy (non-hydrogen) atoms. The zero-order valence-electron chi connectivity index (χ0n) is 12.3. The van der Waals surface area contributed by atoms with Gasteiger partial charge < -0.3 is 0 Å². The second-order valence-corrected chi connectivity index (χ2v) is 8.05.